The van der Waals surface area contributed by atoms with E-state index in [9.17, 15) is 0 Å². The summed E-state index contributed by atoms with van der Waals surface area (Å²) < 4.78 is 1.90. The van der Waals surface area contributed by atoms with E-state index in [1.807, 2.05) is 72.8 Å². The van der Waals surface area contributed by atoms with Crippen LogP contribution in [0.5, 0.6) is 0 Å². The highest BCUT2D eigenvalue weighted by molar-refractivity contribution is 9.12. The van der Waals surface area contributed by atoms with E-state index in [0.717, 1.165) is 59.6 Å². The second kappa shape index (κ2) is 10.3. The van der Waals surface area contributed by atoms with Crippen LogP contribution in [-0.2, 0) is 0 Å². The first-order valence-electron chi connectivity index (χ1n) is 11.9. The van der Waals surface area contributed by atoms with E-state index in [2.05, 4.69) is 85.4 Å². The molecule has 4 aromatic carbocycles. The zero-order valence-corrected chi connectivity index (χ0v) is 22.9. The molecule has 1 aromatic heterocycles. The smallest absolute Gasteiger partial charge is 0.164 e. The van der Waals surface area contributed by atoms with Gasteiger partial charge in [-0.25, -0.2) is 9.98 Å². The van der Waals surface area contributed by atoms with E-state index < -0.39 is 0 Å². The Morgan fingerprint density at radius 1 is 0.568 bits per heavy atom. The fourth-order valence-corrected chi connectivity index (χ4v) is 5.95. The lowest BCUT2D eigenvalue weighted by Crippen LogP contribution is -1.97. The van der Waals surface area contributed by atoms with Crippen LogP contribution in [0.15, 0.2) is 140 Å². The molecule has 1 aliphatic heterocycles. The first-order valence-corrected chi connectivity index (χ1v) is 13.5. The predicted octanol–water partition coefficient (Wildman–Crippen LogP) is 9.45. The third kappa shape index (κ3) is 4.57. The summed E-state index contributed by atoms with van der Waals surface area (Å²) in [5.74, 6) is 1.40. The van der Waals surface area contributed by atoms with Gasteiger partial charge in [0.2, 0.25) is 0 Å². The summed E-state index contributed by atoms with van der Waals surface area (Å²) >= 11 is 7.75. The summed E-state index contributed by atoms with van der Waals surface area (Å²) in [5.41, 5.74) is 8.05. The van der Waals surface area contributed by atoms with Crippen molar-refractivity contribution in [2.75, 3.05) is 0 Å². The predicted molar refractivity (Wildman–Crippen MR) is 162 cm³/mol. The Kier molecular flexibility index (Phi) is 6.56. The third-order valence-electron chi connectivity index (χ3n) is 6.24. The largest absolute Gasteiger partial charge is 0.338 e. The van der Waals surface area contributed by atoms with Crippen LogP contribution in [0.4, 0.5) is 5.82 Å². The first-order chi connectivity index (χ1) is 18.2. The van der Waals surface area contributed by atoms with E-state index in [1.54, 1.807) is 0 Å². The Hall–Kier alpha value is -3.80. The number of halogens is 2. The average molecular weight is 607 g/mol. The molecule has 0 aliphatic carbocycles. The number of nitrogens with zero attached hydrogens (tertiary/aromatic N) is 2. The van der Waals surface area contributed by atoms with Crippen LogP contribution in [0.3, 0.4) is 0 Å². The molecule has 0 fully saturated rings. The van der Waals surface area contributed by atoms with Crippen LogP contribution in [0, 0.1) is 0 Å². The molecule has 37 heavy (non-hydrogen) atoms. The Balaban J connectivity index is 1.58. The number of aromatic nitrogens is 1. The Morgan fingerprint density at radius 2 is 1.05 bits per heavy atom. The molecule has 0 saturated carbocycles. The van der Waals surface area contributed by atoms with Gasteiger partial charge < -0.3 is 4.98 Å². The van der Waals surface area contributed by atoms with Gasteiger partial charge in [-0.3, -0.25) is 0 Å². The second-order valence-electron chi connectivity index (χ2n) is 8.59. The fourth-order valence-electron chi connectivity index (χ4n) is 4.48. The second-order valence-corrected chi connectivity index (χ2v) is 10.2. The van der Waals surface area contributed by atoms with Gasteiger partial charge in [-0.2, -0.15) is 0 Å². The maximum absolute atomic E-state index is 5.18. The summed E-state index contributed by atoms with van der Waals surface area (Å²) in [6.07, 6.45) is 0. The van der Waals surface area contributed by atoms with Gasteiger partial charge in [0.05, 0.1) is 20.4 Å². The minimum atomic E-state index is 0.655. The number of hydrogen-bond acceptors (Lipinski definition) is 1. The van der Waals surface area contributed by atoms with Crippen LogP contribution in [-0.4, -0.2) is 16.5 Å². The van der Waals surface area contributed by atoms with Crippen molar-refractivity contribution in [1.29, 1.82) is 0 Å². The van der Waals surface area contributed by atoms with Crippen molar-refractivity contribution in [2.45, 2.75) is 0 Å². The van der Waals surface area contributed by atoms with Crippen molar-refractivity contribution < 1.29 is 0 Å². The highest BCUT2D eigenvalue weighted by Gasteiger charge is 2.27. The summed E-state index contributed by atoms with van der Waals surface area (Å²) in [7, 11) is 0. The van der Waals surface area contributed by atoms with Crippen LogP contribution < -0.4 is 0 Å². The zero-order chi connectivity index (χ0) is 25.2. The van der Waals surface area contributed by atoms with Crippen molar-refractivity contribution in [3.8, 4) is 22.4 Å². The molecule has 5 aromatic rings. The number of benzene rings is 4. The lowest BCUT2D eigenvalue weighted by atomic mass is 10.0. The molecular formula is C32H21Br2N3. The van der Waals surface area contributed by atoms with E-state index in [-0.39, 0.29) is 0 Å². The highest BCUT2D eigenvalue weighted by atomic mass is 79.9. The van der Waals surface area contributed by atoms with Gasteiger partial charge in [0.1, 0.15) is 5.82 Å². The molecule has 6 rings (SSSR count). The number of allylic oxidation sites excluding steroid dienone is 1. The molecule has 0 radical (unpaired) electrons. The Bertz CT molecular complexity index is 1650. The summed E-state index contributed by atoms with van der Waals surface area (Å²) in [5, 5.41) is 0. The average Bonchev–Trinajstić information content (AvgIpc) is 3.46. The lowest BCUT2D eigenvalue weighted by molar-refractivity contribution is 1.33. The molecule has 0 bridgehead atoms. The third-order valence-corrected chi connectivity index (χ3v) is 7.81. The Morgan fingerprint density at radius 3 is 1.62 bits per heavy atom. The number of amidine groups is 1. The van der Waals surface area contributed by atoms with Crippen molar-refractivity contribution in [3.63, 3.8) is 0 Å². The van der Waals surface area contributed by atoms with Crippen LogP contribution in [0.1, 0.15) is 11.1 Å². The molecule has 2 heterocycles. The molecule has 0 atom stereocenters. The lowest BCUT2D eigenvalue weighted by Gasteiger charge is -2.06. The van der Waals surface area contributed by atoms with Gasteiger partial charge in [-0.1, -0.05) is 121 Å². The normalized spacial score (nSPS) is 14.3. The molecule has 5 heteroatoms. The summed E-state index contributed by atoms with van der Waals surface area (Å²) in [4.78, 5) is 13.8. The molecule has 1 aliphatic rings. The standard InChI is InChI=1S/C32H21Br2N3/c33-27-25(21-13-5-1-6-14-21)31(35-29(27)23-17-9-3-10-18-23)37-32-26(22-15-7-2-8-16-22)28(34)30(36-32)24-19-11-4-12-20-24/h1-20,35H/b37-32-. The number of aromatic amines is 1. The van der Waals surface area contributed by atoms with E-state index in [0.29, 0.717) is 5.84 Å². The quantitative estimate of drug-likeness (QED) is 0.207. The SMILES string of the molecule is BrC1=C(c2ccccc2)/C(=N/c2[nH]c(-c3ccccc3)c(Br)c2-c2ccccc2)N=C1c1ccccc1. The molecule has 0 spiro atoms. The number of rotatable bonds is 5. The molecule has 0 saturated heterocycles. The van der Waals surface area contributed by atoms with Crippen LogP contribution >= 0.6 is 31.9 Å². The summed E-state index contributed by atoms with van der Waals surface area (Å²) in [6.45, 7) is 0. The molecule has 3 nitrogen and oxygen atoms in total. The molecule has 1 N–H and O–H groups in total. The van der Waals surface area contributed by atoms with Gasteiger partial charge in [-0.15, -0.1) is 0 Å². The number of H-pyrrole nitrogens is 1. The van der Waals surface area contributed by atoms with E-state index in [1.165, 1.54) is 0 Å². The van der Waals surface area contributed by atoms with Crippen molar-refractivity contribution in [3.05, 3.63) is 141 Å². The van der Waals surface area contributed by atoms with Crippen molar-refractivity contribution in [2.24, 2.45) is 9.98 Å². The van der Waals surface area contributed by atoms with Crippen LogP contribution in [0.2, 0.25) is 0 Å². The van der Waals surface area contributed by atoms with Gasteiger partial charge in [0, 0.05) is 16.7 Å². The minimum Gasteiger partial charge on any atom is -0.338 e. The fraction of sp³-hybridized carbons (Fsp3) is 0. The van der Waals surface area contributed by atoms with E-state index >= 15 is 0 Å². The molecule has 0 amide bonds. The van der Waals surface area contributed by atoms with Crippen LogP contribution in [0.25, 0.3) is 28.0 Å². The molecule has 0 unspecified atom stereocenters. The van der Waals surface area contributed by atoms with Crippen molar-refractivity contribution >= 4 is 54.8 Å². The van der Waals surface area contributed by atoms with Crippen molar-refractivity contribution in [1.82, 2.24) is 4.98 Å². The van der Waals surface area contributed by atoms with Gasteiger partial charge in [0.15, 0.2) is 5.84 Å². The highest BCUT2D eigenvalue weighted by Crippen LogP contribution is 2.44. The maximum atomic E-state index is 5.18. The van der Waals surface area contributed by atoms with Gasteiger partial charge in [-0.05, 0) is 48.6 Å². The summed E-state index contributed by atoms with van der Waals surface area (Å²) in [6, 6.07) is 41.1. The van der Waals surface area contributed by atoms with E-state index in [4.69, 9.17) is 9.98 Å². The first kappa shape index (κ1) is 23.6. The number of nitrogens with one attached hydrogen (secondary N) is 1. The molecule has 178 valence electrons. The van der Waals surface area contributed by atoms with Gasteiger partial charge in [0.25, 0.3) is 0 Å². The number of aliphatic imine (C=N–C) groups is 2. The topological polar surface area (TPSA) is 40.5 Å². The molecular weight excluding hydrogens is 586 g/mol. The monoisotopic (exact) mass is 605 g/mol. The minimum absolute atomic E-state index is 0.655. The Labute approximate surface area is 232 Å². The van der Waals surface area contributed by atoms with Gasteiger partial charge >= 0.3 is 0 Å². The number of hydrogen-bond donors (Lipinski definition) is 1. The zero-order valence-electron chi connectivity index (χ0n) is 19.7. The maximum Gasteiger partial charge on any atom is 0.164 e.